The molecule has 1 aliphatic rings. The number of carbonyl (C=O) groups excluding carboxylic acids is 1. The van der Waals surface area contributed by atoms with E-state index < -0.39 is 22.0 Å². The number of halogens is 1. The Hall–Kier alpha value is -2.45. The van der Waals surface area contributed by atoms with Gasteiger partial charge in [-0.2, -0.15) is 0 Å². The highest BCUT2D eigenvalue weighted by atomic mass is 35.5. The van der Waals surface area contributed by atoms with Crippen LogP contribution in [0.1, 0.15) is 26.2 Å². The number of anilines is 3. The number of rotatable bonds is 8. The number of hydrogen-bond donors (Lipinski definition) is 1. The average Bonchev–Trinajstić information content (AvgIpc) is 3.26. The van der Waals surface area contributed by atoms with E-state index in [0.717, 1.165) is 29.3 Å². The molecule has 0 aromatic heterocycles. The van der Waals surface area contributed by atoms with Gasteiger partial charge in [-0.3, -0.25) is 9.10 Å². The first-order valence-corrected chi connectivity index (χ1v) is 12.5. The molecule has 1 N–H and O–H groups in total. The van der Waals surface area contributed by atoms with Gasteiger partial charge in [0.2, 0.25) is 15.9 Å². The van der Waals surface area contributed by atoms with Gasteiger partial charge in [-0.25, -0.2) is 8.42 Å². The Labute approximate surface area is 189 Å². The van der Waals surface area contributed by atoms with Crippen molar-refractivity contribution in [3.8, 4) is 5.75 Å². The van der Waals surface area contributed by atoms with Crippen LogP contribution in [0.5, 0.6) is 5.75 Å². The zero-order chi connectivity index (χ0) is 22.6. The van der Waals surface area contributed by atoms with Crippen molar-refractivity contribution in [3.63, 3.8) is 0 Å². The second kappa shape index (κ2) is 9.78. The molecule has 1 unspecified atom stereocenters. The predicted octanol–water partition coefficient (Wildman–Crippen LogP) is 4.13. The van der Waals surface area contributed by atoms with E-state index in [2.05, 4.69) is 10.2 Å². The molecule has 1 atom stereocenters. The summed E-state index contributed by atoms with van der Waals surface area (Å²) in [6.45, 7) is 3.85. The molecule has 0 spiro atoms. The number of methoxy groups -OCH3 is 1. The molecule has 1 fully saturated rings. The highest BCUT2D eigenvalue weighted by Crippen LogP contribution is 2.32. The summed E-state index contributed by atoms with van der Waals surface area (Å²) in [6.07, 6.45) is 3.74. The first-order valence-electron chi connectivity index (χ1n) is 10.2. The van der Waals surface area contributed by atoms with E-state index in [1.807, 2.05) is 24.3 Å². The summed E-state index contributed by atoms with van der Waals surface area (Å²) in [5, 5.41) is 3.11. The van der Waals surface area contributed by atoms with Crippen LogP contribution in [0.2, 0.25) is 5.02 Å². The van der Waals surface area contributed by atoms with Gasteiger partial charge in [0, 0.05) is 24.5 Å². The average molecular weight is 466 g/mol. The number of sulfonamides is 1. The van der Waals surface area contributed by atoms with E-state index in [4.69, 9.17) is 16.3 Å². The van der Waals surface area contributed by atoms with E-state index in [1.54, 1.807) is 19.1 Å². The lowest BCUT2D eigenvalue weighted by atomic mass is 10.1. The summed E-state index contributed by atoms with van der Waals surface area (Å²) in [5.41, 5.74) is 2.04. The largest absolute Gasteiger partial charge is 0.495 e. The minimum absolute atomic E-state index is 0.265. The van der Waals surface area contributed by atoms with Crippen LogP contribution in [0.25, 0.3) is 0 Å². The van der Waals surface area contributed by atoms with Crippen molar-refractivity contribution in [1.29, 1.82) is 0 Å². The Morgan fingerprint density at radius 1 is 1.19 bits per heavy atom. The van der Waals surface area contributed by atoms with Crippen LogP contribution in [0.15, 0.2) is 42.5 Å². The number of nitrogens with zero attached hydrogens (tertiary/aromatic N) is 2. The molecule has 31 heavy (non-hydrogen) atoms. The highest BCUT2D eigenvalue weighted by molar-refractivity contribution is 7.92. The standard InChI is InChI=1S/C22H28ClN3O4S/c1-4-20(26(31(3,28)29)18-11-12-21(30-2)19(23)15-18)22(27)24-16-7-9-17(10-8-16)25-13-5-6-14-25/h7-12,15,20H,4-6,13-14H2,1-3H3,(H,24,27). The maximum atomic E-state index is 13.1. The molecule has 0 radical (unpaired) electrons. The molecule has 2 aromatic rings. The minimum Gasteiger partial charge on any atom is -0.495 e. The van der Waals surface area contributed by atoms with Crippen LogP contribution in [-0.2, 0) is 14.8 Å². The lowest BCUT2D eigenvalue weighted by Gasteiger charge is -2.30. The third-order valence-corrected chi connectivity index (χ3v) is 6.80. The number of hydrogen-bond acceptors (Lipinski definition) is 5. The Kier molecular flexibility index (Phi) is 7.33. The third-order valence-electron chi connectivity index (χ3n) is 5.33. The van der Waals surface area contributed by atoms with Crippen LogP contribution in [0.4, 0.5) is 17.1 Å². The zero-order valence-electron chi connectivity index (χ0n) is 18.0. The molecule has 1 saturated heterocycles. The normalized spacial score (nSPS) is 14.9. The SMILES string of the molecule is CCC(C(=O)Nc1ccc(N2CCCC2)cc1)N(c1ccc(OC)c(Cl)c1)S(C)(=O)=O. The molecular formula is C22H28ClN3O4S. The molecule has 3 rings (SSSR count). The molecule has 0 saturated carbocycles. The van der Waals surface area contributed by atoms with Gasteiger partial charge >= 0.3 is 0 Å². The second-order valence-corrected chi connectivity index (χ2v) is 9.80. The fraction of sp³-hybridized carbons (Fsp3) is 0.409. The number of benzene rings is 2. The zero-order valence-corrected chi connectivity index (χ0v) is 19.5. The van der Waals surface area contributed by atoms with Crippen LogP contribution in [0, 0.1) is 0 Å². The van der Waals surface area contributed by atoms with Crippen LogP contribution in [0.3, 0.4) is 0 Å². The first-order chi connectivity index (χ1) is 14.7. The molecule has 0 aliphatic carbocycles. The van der Waals surface area contributed by atoms with Crippen molar-refractivity contribution < 1.29 is 17.9 Å². The van der Waals surface area contributed by atoms with E-state index >= 15 is 0 Å². The summed E-state index contributed by atoms with van der Waals surface area (Å²) in [6, 6.07) is 11.3. The monoisotopic (exact) mass is 465 g/mol. The Bertz CT molecular complexity index is 1020. The molecule has 2 aromatic carbocycles. The maximum Gasteiger partial charge on any atom is 0.248 e. The Balaban J connectivity index is 1.83. The molecule has 0 bridgehead atoms. The number of amides is 1. The fourth-order valence-corrected chi connectivity index (χ4v) is 5.26. The van der Waals surface area contributed by atoms with Crippen molar-refractivity contribution in [2.75, 3.05) is 41.0 Å². The summed E-state index contributed by atoms with van der Waals surface area (Å²) in [4.78, 5) is 15.4. The van der Waals surface area contributed by atoms with E-state index in [1.165, 1.54) is 26.0 Å². The molecule has 7 nitrogen and oxygen atoms in total. The van der Waals surface area contributed by atoms with Gasteiger partial charge in [0.1, 0.15) is 11.8 Å². The molecular weight excluding hydrogens is 438 g/mol. The number of carbonyl (C=O) groups is 1. The van der Waals surface area contributed by atoms with Crippen LogP contribution in [-0.4, -0.2) is 46.8 Å². The van der Waals surface area contributed by atoms with Gasteiger partial charge < -0.3 is 15.0 Å². The third kappa shape index (κ3) is 5.43. The van der Waals surface area contributed by atoms with Gasteiger partial charge in [0.15, 0.2) is 0 Å². The Morgan fingerprint density at radius 2 is 1.84 bits per heavy atom. The predicted molar refractivity (Wildman–Crippen MR) is 126 cm³/mol. The van der Waals surface area contributed by atoms with E-state index in [9.17, 15) is 13.2 Å². The quantitative estimate of drug-likeness (QED) is 0.634. The van der Waals surface area contributed by atoms with Crippen molar-refractivity contribution in [3.05, 3.63) is 47.5 Å². The lowest BCUT2D eigenvalue weighted by molar-refractivity contribution is -0.117. The summed E-state index contributed by atoms with van der Waals surface area (Å²) >= 11 is 6.20. The molecule has 168 valence electrons. The van der Waals surface area contributed by atoms with Gasteiger partial charge in [0.05, 0.1) is 24.1 Å². The molecule has 1 heterocycles. The van der Waals surface area contributed by atoms with E-state index in [0.29, 0.717) is 17.1 Å². The van der Waals surface area contributed by atoms with Gasteiger partial charge in [-0.05, 0) is 61.7 Å². The second-order valence-electron chi connectivity index (χ2n) is 7.53. The maximum absolute atomic E-state index is 13.1. The van der Waals surface area contributed by atoms with Crippen molar-refractivity contribution in [1.82, 2.24) is 0 Å². The van der Waals surface area contributed by atoms with Gasteiger partial charge in [0.25, 0.3) is 0 Å². The smallest absolute Gasteiger partial charge is 0.248 e. The molecule has 1 aliphatic heterocycles. The minimum atomic E-state index is -3.75. The number of nitrogens with one attached hydrogen (secondary N) is 1. The molecule has 9 heteroatoms. The van der Waals surface area contributed by atoms with Gasteiger partial charge in [-0.1, -0.05) is 18.5 Å². The summed E-state index contributed by atoms with van der Waals surface area (Å²) in [5.74, 6) is 0.0169. The van der Waals surface area contributed by atoms with Crippen molar-refractivity contribution >= 4 is 44.6 Å². The van der Waals surface area contributed by atoms with Crippen LogP contribution >= 0.6 is 11.6 Å². The lowest BCUT2D eigenvalue weighted by Crippen LogP contribution is -2.47. The topological polar surface area (TPSA) is 79.0 Å². The van der Waals surface area contributed by atoms with Crippen molar-refractivity contribution in [2.45, 2.75) is 32.2 Å². The van der Waals surface area contributed by atoms with Crippen molar-refractivity contribution in [2.24, 2.45) is 0 Å². The fourth-order valence-electron chi connectivity index (χ4n) is 3.81. The van der Waals surface area contributed by atoms with E-state index in [-0.39, 0.29) is 11.4 Å². The van der Waals surface area contributed by atoms with Crippen LogP contribution < -0.4 is 19.3 Å². The van der Waals surface area contributed by atoms with Gasteiger partial charge in [-0.15, -0.1) is 0 Å². The highest BCUT2D eigenvalue weighted by Gasteiger charge is 2.32. The number of ether oxygens (including phenoxy) is 1. The first kappa shape index (κ1) is 23.2. The molecule has 1 amide bonds. The summed E-state index contributed by atoms with van der Waals surface area (Å²) < 4.78 is 31.5. The summed E-state index contributed by atoms with van der Waals surface area (Å²) in [7, 11) is -2.28. The Morgan fingerprint density at radius 3 is 2.35 bits per heavy atom.